The van der Waals surface area contributed by atoms with Gasteiger partial charge >= 0.3 is 12.1 Å². The van der Waals surface area contributed by atoms with Crippen LogP contribution in [0.5, 0.6) is 0 Å². The van der Waals surface area contributed by atoms with Crippen molar-refractivity contribution in [2.75, 3.05) is 23.7 Å². The lowest BCUT2D eigenvalue weighted by Gasteiger charge is -2.11. The van der Waals surface area contributed by atoms with Gasteiger partial charge in [-0.25, -0.2) is 9.78 Å². The Labute approximate surface area is 184 Å². The number of hydrogen-bond acceptors (Lipinski definition) is 8. The van der Waals surface area contributed by atoms with E-state index in [0.717, 1.165) is 6.42 Å². The van der Waals surface area contributed by atoms with Crippen molar-refractivity contribution in [2.24, 2.45) is 11.5 Å². The number of nitrogens with one attached hydrogen (secondary N) is 3. The summed E-state index contributed by atoms with van der Waals surface area (Å²) in [6, 6.07) is 8.33. The number of aliphatic carboxylic acids is 1. The van der Waals surface area contributed by atoms with Gasteiger partial charge in [-0.05, 0) is 37.2 Å². The number of anilines is 3. The third-order valence-corrected chi connectivity index (χ3v) is 3.94. The molecule has 0 aliphatic carbocycles. The number of fused-ring (bicyclic) bond motifs is 1. The molecule has 1 amide bonds. The molecule has 0 saturated carbocycles. The first-order valence-electron chi connectivity index (χ1n) is 9.33. The number of benzene rings is 1. The number of alkyl halides is 3. The predicted molar refractivity (Wildman–Crippen MR) is 114 cm³/mol. The number of carbonyl (C=O) groups excluding carboxylic acids is 1. The summed E-state index contributed by atoms with van der Waals surface area (Å²) in [6.07, 6.45) is -2.79. The van der Waals surface area contributed by atoms with Gasteiger partial charge in [-0.2, -0.15) is 18.2 Å². The SMILES string of the molecule is NCCCNc1nc(Nc2cccc(C(N)=O)c2)c2c(=O)[nH]ccc2n1.O=C(O)C(F)(F)F. The second-order valence-electron chi connectivity index (χ2n) is 6.40. The third-order valence-electron chi connectivity index (χ3n) is 3.94. The standard InChI is InChI=1S/C17H19N7O2.C2HF3O2/c18-6-2-7-21-17-23-12-5-8-20-16(26)13(12)15(24-17)22-11-4-1-3-10(9-11)14(19)25;3-2(4,5)1(6)7/h1,3-5,8-9H,2,6-7,18H2,(H2,19,25)(H,20,26)(H2,21,22,23,24);(H,6,7). The van der Waals surface area contributed by atoms with E-state index < -0.39 is 18.1 Å². The van der Waals surface area contributed by atoms with Crippen LogP contribution in [0.1, 0.15) is 16.8 Å². The van der Waals surface area contributed by atoms with Gasteiger partial charge in [0.2, 0.25) is 11.9 Å². The predicted octanol–water partition coefficient (Wildman–Crippen LogP) is 1.55. The largest absolute Gasteiger partial charge is 0.490 e. The van der Waals surface area contributed by atoms with Gasteiger partial charge in [-0.3, -0.25) is 9.59 Å². The molecule has 0 aliphatic heterocycles. The molecule has 0 atom stereocenters. The zero-order valence-electron chi connectivity index (χ0n) is 16.9. The number of carboxylic acids is 1. The lowest BCUT2D eigenvalue weighted by molar-refractivity contribution is -0.192. The van der Waals surface area contributed by atoms with Crippen LogP contribution in [0, 0.1) is 0 Å². The molecular weight excluding hydrogens is 447 g/mol. The first-order valence-corrected chi connectivity index (χ1v) is 9.33. The fourth-order valence-corrected chi connectivity index (χ4v) is 2.45. The lowest BCUT2D eigenvalue weighted by Crippen LogP contribution is -2.21. The molecule has 1 aromatic carbocycles. The maximum absolute atomic E-state index is 12.2. The van der Waals surface area contributed by atoms with Crippen molar-refractivity contribution in [1.29, 1.82) is 0 Å². The highest BCUT2D eigenvalue weighted by Gasteiger charge is 2.38. The molecule has 0 bridgehead atoms. The molecule has 0 unspecified atom stereocenters. The summed E-state index contributed by atoms with van der Waals surface area (Å²) in [6.45, 7) is 1.16. The molecule has 0 aliphatic rings. The molecule has 0 spiro atoms. The first kappa shape index (κ1) is 25.1. The van der Waals surface area contributed by atoms with E-state index in [1.165, 1.54) is 6.20 Å². The normalized spacial score (nSPS) is 10.8. The minimum atomic E-state index is -5.08. The van der Waals surface area contributed by atoms with Gasteiger partial charge in [-0.1, -0.05) is 6.07 Å². The van der Waals surface area contributed by atoms with Crippen LogP contribution in [-0.4, -0.2) is 51.2 Å². The number of primary amides is 1. The Balaban J connectivity index is 0.000000479. The Bertz CT molecular complexity index is 1200. The maximum atomic E-state index is 12.2. The Morgan fingerprint density at radius 3 is 2.48 bits per heavy atom. The van der Waals surface area contributed by atoms with Crippen LogP contribution >= 0.6 is 0 Å². The fraction of sp³-hybridized carbons (Fsp3) is 0.211. The smallest absolute Gasteiger partial charge is 0.475 e. The highest BCUT2D eigenvalue weighted by molar-refractivity contribution is 5.95. The van der Waals surface area contributed by atoms with Crippen LogP contribution in [0.3, 0.4) is 0 Å². The second kappa shape index (κ2) is 10.9. The minimum Gasteiger partial charge on any atom is -0.475 e. The zero-order valence-corrected chi connectivity index (χ0v) is 16.9. The number of aromatic amines is 1. The van der Waals surface area contributed by atoms with E-state index in [0.29, 0.717) is 47.0 Å². The number of halogens is 3. The Morgan fingerprint density at radius 2 is 1.88 bits per heavy atom. The lowest BCUT2D eigenvalue weighted by atomic mass is 10.2. The van der Waals surface area contributed by atoms with Crippen LogP contribution in [-0.2, 0) is 4.79 Å². The molecule has 14 heteroatoms. The number of aromatic nitrogens is 3. The number of nitrogens with zero attached hydrogens (tertiary/aromatic N) is 2. The number of H-pyrrole nitrogens is 1. The van der Waals surface area contributed by atoms with Gasteiger partial charge in [-0.15, -0.1) is 0 Å². The highest BCUT2D eigenvalue weighted by Crippen LogP contribution is 2.23. The van der Waals surface area contributed by atoms with Crippen molar-refractivity contribution >= 4 is 40.2 Å². The van der Waals surface area contributed by atoms with Crippen LogP contribution in [0.15, 0.2) is 41.3 Å². The number of pyridine rings is 1. The average molecular weight is 467 g/mol. The Morgan fingerprint density at radius 1 is 1.18 bits per heavy atom. The fourth-order valence-electron chi connectivity index (χ4n) is 2.45. The molecule has 0 fully saturated rings. The number of rotatable bonds is 7. The second-order valence-corrected chi connectivity index (χ2v) is 6.40. The number of nitrogens with two attached hydrogens (primary N) is 2. The highest BCUT2D eigenvalue weighted by atomic mass is 19.4. The topological polar surface area (TPSA) is 189 Å². The maximum Gasteiger partial charge on any atom is 0.490 e. The summed E-state index contributed by atoms with van der Waals surface area (Å²) < 4.78 is 31.7. The van der Waals surface area contributed by atoms with Gasteiger partial charge in [0.1, 0.15) is 11.2 Å². The van der Waals surface area contributed by atoms with E-state index in [-0.39, 0.29) is 5.56 Å². The summed E-state index contributed by atoms with van der Waals surface area (Å²) >= 11 is 0. The van der Waals surface area contributed by atoms with E-state index in [2.05, 4.69) is 25.6 Å². The van der Waals surface area contributed by atoms with E-state index in [4.69, 9.17) is 21.4 Å². The molecule has 0 saturated heterocycles. The van der Waals surface area contributed by atoms with Gasteiger partial charge in [0.25, 0.3) is 5.56 Å². The molecular formula is C19H20F3N7O4. The van der Waals surface area contributed by atoms with Crippen molar-refractivity contribution < 1.29 is 27.9 Å². The average Bonchev–Trinajstić information content (AvgIpc) is 2.74. The molecule has 2 aromatic heterocycles. The third kappa shape index (κ3) is 7.17. The van der Waals surface area contributed by atoms with Gasteiger partial charge in [0.05, 0.1) is 5.52 Å². The summed E-state index contributed by atoms with van der Waals surface area (Å²) in [4.78, 5) is 43.9. The van der Waals surface area contributed by atoms with Crippen molar-refractivity contribution in [3.8, 4) is 0 Å². The number of amides is 1. The van der Waals surface area contributed by atoms with Crippen molar-refractivity contribution in [1.82, 2.24) is 15.0 Å². The number of carboxylic acid groups (broad SMARTS) is 1. The minimum absolute atomic E-state index is 0.315. The zero-order chi connectivity index (χ0) is 24.6. The number of carbonyl (C=O) groups is 2. The molecule has 11 nitrogen and oxygen atoms in total. The van der Waals surface area contributed by atoms with E-state index in [9.17, 15) is 22.8 Å². The van der Waals surface area contributed by atoms with Crippen molar-refractivity contribution in [2.45, 2.75) is 12.6 Å². The monoisotopic (exact) mass is 467 g/mol. The molecule has 176 valence electrons. The first-order chi connectivity index (χ1) is 15.5. The van der Waals surface area contributed by atoms with E-state index >= 15 is 0 Å². The number of hydrogen-bond donors (Lipinski definition) is 6. The summed E-state index contributed by atoms with van der Waals surface area (Å²) in [5.41, 5.74) is 11.9. The van der Waals surface area contributed by atoms with Crippen LogP contribution in [0.2, 0.25) is 0 Å². The van der Waals surface area contributed by atoms with E-state index in [1.807, 2.05) is 0 Å². The van der Waals surface area contributed by atoms with Gasteiger partial charge in [0, 0.05) is 24.0 Å². The summed E-state index contributed by atoms with van der Waals surface area (Å²) in [7, 11) is 0. The summed E-state index contributed by atoms with van der Waals surface area (Å²) in [5.74, 6) is -2.59. The van der Waals surface area contributed by atoms with Crippen molar-refractivity contribution in [3.05, 3.63) is 52.4 Å². The quantitative estimate of drug-likeness (QED) is 0.280. The Hall–Kier alpha value is -4.20. The van der Waals surface area contributed by atoms with Crippen LogP contribution < -0.4 is 27.7 Å². The molecule has 8 N–H and O–H groups in total. The van der Waals surface area contributed by atoms with Gasteiger partial charge in [0.15, 0.2) is 0 Å². The van der Waals surface area contributed by atoms with Gasteiger partial charge < -0.3 is 32.2 Å². The van der Waals surface area contributed by atoms with Crippen molar-refractivity contribution in [3.63, 3.8) is 0 Å². The Kier molecular flexibility index (Phi) is 8.28. The molecule has 3 aromatic rings. The van der Waals surface area contributed by atoms with Crippen LogP contribution in [0.4, 0.5) is 30.6 Å². The molecule has 0 radical (unpaired) electrons. The van der Waals surface area contributed by atoms with Crippen LogP contribution in [0.25, 0.3) is 10.9 Å². The summed E-state index contributed by atoms with van der Waals surface area (Å²) in [5, 5.41) is 13.6. The molecule has 2 heterocycles. The molecule has 3 rings (SSSR count). The van der Waals surface area contributed by atoms with E-state index in [1.54, 1.807) is 30.3 Å². The molecule has 33 heavy (non-hydrogen) atoms.